The molecule has 0 unspecified atom stereocenters. The van der Waals surface area contributed by atoms with Gasteiger partial charge in [0.05, 0.1) is 30.2 Å². The maximum Gasteiger partial charge on any atom is 0.278 e. The van der Waals surface area contributed by atoms with Crippen LogP contribution in [0.2, 0.25) is 0 Å². The lowest BCUT2D eigenvalue weighted by Crippen LogP contribution is -2.26. The topological polar surface area (TPSA) is 55.3 Å². The molecule has 0 atom stereocenters. The van der Waals surface area contributed by atoms with Gasteiger partial charge >= 0.3 is 0 Å². The summed E-state index contributed by atoms with van der Waals surface area (Å²) in [6.07, 6.45) is 1.44. The summed E-state index contributed by atoms with van der Waals surface area (Å²) in [6.45, 7) is 0.498. The summed E-state index contributed by atoms with van der Waals surface area (Å²) in [5, 5.41) is 0.837. The van der Waals surface area contributed by atoms with Crippen LogP contribution >= 0.6 is 0 Å². The molecule has 3 aromatic rings. The summed E-state index contributed by atoms with van der Waals surface area (Å²) >= 11 is 0. The molecule has 0 spiro atoms. The third-order valence-electron chi connectivity index (χ3n) is 3.88. The van der Waals surface area contributed by atoms with E-state index in [-0.39, 0.29) is 5.91 Å². The molecule has 1 aliphatic rings. The first-order valence-electron chi connectivity index (χ1n) is 6.96. The minimum Gasteiger partial charge on any atom is -0.497 e. The van der Waals surface area contributed by atoms with Crippen molar-refractivity contribution in [2.45, 2.75) is 6.54 Å². The van der Waals surface area contributed by atoms with Crippen LogP contribution in [0.3, 0.4) is 0 Å². The highest BCUT2D eigenvalue weighted by Crippen LogP contribution is 2.36. The number of aromatic nitrogens is 2. The van der Waals surface area contributed by atoms with Crippen LogP contribution < -0.4 is 9.64 Å². The van der Waals surface area contributed by atoms with Crippen LogP contribution in [-0.2, 0) is 6.54 Å². The molecule has 0 N–H and O–H groups in total. The van der Waals surface area contributed by atoms with Crippen LogP contribution in [-0.4, -0.2) is 23.0 Å². The third kappa shape index (κ3) is 1.83. The second-order valence-electron chi connectivity index (χ2n) is 5.13. The van der Waals surface area contributed by atoms with Crippen molar-refractivity contribution in [3.05, 3.63) is 60.0 Å². The van der Waals surface area contributed by atoms with Crippen molar-refractivity contribution in [3.63, 3.8) is 0 Å². The smallest absolute Gasteiger partial charge is 0.278 e. The predicted octanol–water partition coefficient (Wildman–Crippen LogP) is 2.80. The van der Waals surface area contributed by atoms with E-state index in [9.17, 15) is 4.79 Å². The summed E-state index contributed by atoms with van der Waals surface area (Å²) in [4.78, 5) is 22.8. The zero-order valence-electron chi connectivity index (χ0n) is 12.0. The number of hydrogen-bond donors (Lipinski definition) is 0. The average Bonchev–Trinajstić information content (AvgIpc) is 2.84. The molecule has 2 aromatic carbocycles. The lowest BCUT2D eigenvalue weighted by atomic mass is 10.2. The molecule has 0 saturated heterocycles. The van der Waals surface area contributed by atoms with E-state index in [1.807, 2.05) is 42.5 Å². The fraction of sp³-hybridized carbons (Fsp3) is 0.118. The molecule has 4 rings (SSSR count). The fourth-order valence-corrected chi connectivity index (χ4v) is 2.79. The zero-order chi connectivity index (χ0) is 15.1. The van der Waals surface area contributed by atoms with Crippen molar-refractivity contribution in [2.24, 2.45) is 0 Å². The Morgan fingerprint density at radius 3 is 2.68 bits per heavy atom. The van der Waals surface area contributed by atoms with Crippen molar-refractivity contribution < 1.29 is 9.53 Å². The Balaban J connectivity index is 1.75. The molecule has 0 saturated carbocycles. The molecule has 1 aromatic heterocycles. The number of carbonyl (C=O) groups is 1. The number of benzene rings is 2. The van der Waals surface area contributed by atoms with Gasteiger partial charge in [-0.15, -0.1) is 0 Å². The van der Waals surface area contributed by atoms with Crippen molar-refractivity contribution in [1.29, 1.82) is 0 Å². The first-order chi connectivity index (χ1) is 10.8. The number of rotatable bonds is 3. The lowest BCUT2D eigenvalue weighted by Gasteiger charge is -2.17. The minimum atomic E-state index is -0.0792. The molecular weight excluding hydrogens is 278 g/mol. The van der Waals surface area contributed by atoms with E-state index in [4.69, 9.17) is 4.74 Å². The molecule has 0 fully saturated rings. The lowest BCUT2D eigenvalue weighted by molar-refractivity contribution is 0.0987. The van der Waals surface area contributed by atoms with E-state index in [2.05, 4.69) is 9.97 Å². The Labute approximate surface area is 127 Å². The van der Waals surface area contributed by atoms with Crippen LogP contribution in [0.25, 0.3) is 10.9 Å². The van der Waals surface area contributed by atoms with Crippen molar-refractivity contribution in [2.75, 3.05) is 12.0 Å². The van der Waals surface area contributed by atoms with Gasteiger partial charge in [0.2, 0.25) is 0 Å². The van der Waals surface area contributed by atoms with Gasteiger partial charge in [0, 0.05) is 0 Å². The van der Waals surface area contributed by atoms with Crippen LogP contribution in [0.1, 0.15) is 16.1 Å². The van der Waals surface area contributed by atoms with E-state index in [1.54, 1.807) is 12.0 Å². The van der Waals surface area contributed by atoms with Gasteiger partial charge in [-0.1, -0.05) is 18.2 Å². The molecule has 22 heavy (non-hydrogen) atoms. The van der Waals surface area contributed by atoms with E-state index in [0.717, 1.165) is 27.9 Å². The molecule has 5 heteroatoms. The van der Waals surface area contributed by atoms with Gasteiger partial charge in [0.1, 0.15) is 17.8 Å². The number of nitrogens with zero attached hydrogens (tertiary/aromatic N) is 3. The number of anilines is 1. The molecule has 0 radical (unpaired) electrons. The number of ether oxygens (including phenoxy) is 1. The second kappa shape index (κ2) is 4.80. The number of methoxy groups -OCH3 is 1. The first kappa shape index (κ1) is 12.8. The summed E-state index contributed by atoms with van der Waals surface area (Å²) in [5.74, 6) is 0.720. The summed E-state index contributed by atoms with van der Waals surface area (Å²) < 4.78 is 5.16. The van der Waals surface area contributed by atoms with Crippen LogP contribution in [0, 0.1) is 0 Å². The first-order valence-corrected chi connectivity index (χ1v) is 6.96. The summed E-state index contributed by atoms with van der Waals surface area (Å²) in [5.41, 5.74) is 3.18. The molecule has 1 aliphatic heterocycles. The van der Waals surface area contributed by atoms with Crippen molar-refractivity contribution >= 4 is 22.5 Å². The Kier molecular flexibility index (Phi) is 2.79. The summed E-state index contributed by atoms with van der Waals surface area (Å²) in [7, 11) is 1.63. The fourth-order valence-electron chi connectivity index (χ4n) is 2.79. The minimum absolute atomic E-state index is 0.0792. The van der Waals surface area contributed by atoms with Gasteiger partial charge in [0.15, 0.2) is 0 Å². The van der Waals surface area contributed by atoms with Crippen molar-refractivity contribution in [3.8, 4) is 5.75 Å². The molecule has 0 aliphatic carbocycles. The van der Waals surface area contributed by atoms with E-state index in [0.29, 0.717) is 12.2 Å². The number of carbonyl (C=O) groups excluding carboxylic acids is 1. The average molecular weight is 291 g/mol. The quantitative estimate of drug-likeness (QED) is 0.744. The molecule has 5 nitrogen and oxygen atoms in total. The standard InChI is InChI=1S/C17H13N3O2/c1-22-12-7-5-11(6-8-12)9-20-14-4-2-3-13-15(14)16(17(20)21)19-10-18-13/h2-8,10H,9H2,1H3. The Hall–Kier alpha value is -2.95. The normalized spacial score (nSPS) is 13.0. The van der Waals surface area contributed by atoms with Gasteiger partial charge in [-0.05, 0) is 29.8 Å². The third-order valence-corrected chi connectivity index (χ3v) is 3.88. The molecule has 2 heterocycles. The van der Waals surface area contributed by atoms with Crippen molar-refractivity contribution in [1.82, 2.24) is 9.97 Å². The highest BCUT2D eigenvalue weighted by molar-refractivity contribution is 6.23. The van der Waals surface area contributed by atoms with Crippen LogP contribution in [0.4, 0.5) is 5.69 Å². The van der Waals surface area contributed by atoms with Gasteiger partial charge < -0.3 is 9.64 Å². The molecule has 0 bridgehead atoms. The van der Waals surface area contributed by atoms with Gasteiger partial charge in [-0.2, -0.15) is 0 Å². The largest absolute Gasteiger partial charge is 0.497 e. The molecule has 108 valence electrons. The van der Waals surface area contributed by atoms with Gasteiger partial charge in [0.25, 0.3) is 5.91 Å². The molecule has 1 amide bonds. The highest BCUT2D eigenvalue weighted by Gasteiger charge is 2.31. The Bertz CT molecular complexity index is 869. The SMILES string of the molecule is COc1ccc(CN2C(=O)c3ncnc4cccc2c34)cc1. The van der Waals surface area contributed by atoms with Gasteiger partial charge in [-0.25, -0.2) is 9.97 Å². The maximum absolute atomic E-state index is 12.6. The number of hydrogen-bond acceptors (Lipinski definition) is 4. The van der Waals surface area contributed by atoms with Gasteiger partial charge in [-0.3, -0.25) is 4.79 Å². The second-order valence-corrected chi connectivity index (χ2v) is 5.13. The monoisotopic (exact) mass is 291 g/mol. The maximum atomic E-state index is 12.6. The molecular formula is C17H13N3O2. The van der Waals surface area contributed by atoms with Crippen LogP contribution in [0.15, 0.2) is 48.8 Å². The highest BCUT2D eigenvalue weighted by atomic mass is 16.5. The Morgan fingerprint density at radius 1 is 1.09 bits per heavy atom. The zero-order valence-corrected chi connectivity index (χ0v) is 12.0. The van der Waals surface area contributed by atoms with E-state index < -0.39 is 0 Å². The van der Waals surface area contributed by atoms with E-state index in [1.165, 1.54) is 6.33 Å². The van der Waals surface area contributed by atoms with E-state index >= 15 is 0 Å². The predicted molar refractivity (Wildman–Crippen MR) is 83.0 cm³/mol. The number of amides is 1. The Morgan fingerprint density at radius 2 is 1.91 bits per heavy atom. The summed E-state index contributed by atoms with van der Waals surface area (Å²) in [6, 6.07) is 13.4. The van der Waals surface area contributed by atoms with Crippen LogP contribution in [0.5, 0.6) is 5.75 Å².